The maximum atomic E-state index is 13.3. The Morgan fingerprint density at radius 1 is 1.03 bits per heavy atom. The van der Waals surface area contributed by atoms with Crippen LogP contribution in [-0.2, 0) is 13.1 Å². The van der Waals surface area contributed by atoms with E-state index in [-0.39, 0.29) is 29.8 Å². The van der Waals surface area contributed by atoms with Crippen LogP contribution < -0.4 is 10.6 Å². The zero-order valence-corrected chi connectivity index (χ0v) is 19.1. The molecule has 32 heavy (non-hydrogen) atoms. The zero-order valence-electron chi connectivity index (χ0n) is 19.1. The van der Waals surface area contributed by atoms with E-state index >= 15 is 0 Å². The fourth-order valence-electron chi connectivity index (χ4n) is 3.86. The standard InChI is InChI=1S/C25H33FN4O2/c1-18(2)28-24(31)21-8-4-19(5-9-21)16-27-25(32)30(23-12-14-29(3)15-13-23)17-20-6-10-22(26)11-7-20/h4-11,18,23H,12-17H2,1-3H3,(H,27,32)(H,28,31). The van der Waals surface area contributed by atoms with Crippen molar-refractivity contribution in [1.82, 2.24) is 20.4 Å². The SMILES string of the molecule is CC(C)NC(=O)c1ccc(CNC(=O)N(Cc2ccc(F)cc2)C2CCN(C)CC2)cc1. The normalized spacial score (nSPS) is 14.9. The van der Waals surface area contributed by atoms with Gasteiger partial charge in [0.15, 0.2) is 0 Å². The molecule has 6 nitrogen and oxygen atoms in total. The molecule has 2 aromatic carbocycles. The molecular weight excluding hydrogens is 407 g/mol. The highest BCUT2D eigenvalue weighted by molar-refractivity contribution is 5.94. The molecule has 0 aromatic heterocycles. The van der Waals surface area contributed by atoms with Crippen LogP contribution in [0.4, 0.5) is 9.18 Å². The quantitative estimate of drug-likeness (QED) is 0.689. The number of carbonyl (C=O) groups is 2. The highest BCUT2D eigenvalue weighted by Gasteiger charge is 2.27. The summed E-state index contributed by atoms with van der Waals surface area (Å²) in [6, 6.07) is 13.6. The Labute approximate surface area is 189 Å². The Morgan fingerprint density at radius 2 is 1.62 bits per heavy atom. The number of piperidine rings is 1. The number of carbonyl (C=O) groups excluding carboxylic acids is 2. The number of benzene rings is 2. The Balaban J connectivity index is 1.64. The largest absolute Gasteiger partial charge is 0.350 e. The highest BCUT2D eigenvalue weighted by Crippen LogP contribution is 2.19. The number of likely N-dealkylation sites (tertiary alicyclic amines) is 1. The number of nitrogens with one attached hydrogen (secondary N) is 2. The molecule has 1 saturated heterocycles. The molecule has 2 N–H and O–H groups in total. The maximum absolute atomic E-state index is 13.3. The Bertz CT molecular complexity index is 891. The van der Waals surface area contributed by atoms with Gasteiger partial charge in [-0.25, -0.2) is 9.18 Å². The van der Waals surface area contributed by atoms with Crippen molar-refractivity contribution in [3.05, 3.63) is 71.0 Å². The first kappa shape index (κ1) is 23.7. The number of hydrogen-bond acceptors (Lipinski definition) is 3. The first-order valence-corrected chi connectivity index (χ1v) is 11.2. The van der Waals surface area contributed by atoms with Crippen LogP contribution in [0.15, 0.2) is 48.5 Å². The number of rotatable bonds is 7. The highest BCUT2D eigenvalue weighted by atomic mass is 19.1. The Hall–Kier alpha value is -2.93. The third kappa shape index (κ3) is 6.79. The average molecular weight is 441 g/mol. The van der Waals surface area contributed by atoms with Crippen molar-refractivity contribution in [2.75, 3.05) is 20.1 Å². The van der Waals surface area contributed by atoms with Crippen LogP contribution in [0.3, 0.4) is 0 Å². The second kappa shape index (κ2) is 11.1. The van der Waals surface area contributed by atoms with Crippen LogP contribution in [0.25, 0.3) is 0 Å². The third-order valence-electron chi connectivity index (χ3n) is 5.74. The van der Waals surface area contributed by atoms with Gasteiger partial charge in [0.05, 0.1) is 0 Å². The summed E-state index contributed by atoms with van der Waals surface area (Å²) in [5, 5.41) is 5.89. The van der Waals surface area contributed by atoms with E-state index in [9.17, 15) is 14.0 Å². The van der Waals surface area contributed by atoms with Crippen molar-refractivity contribution in [2.24, 2.45) is 0 Å². The summed E-state index contributed by atoms with van der Waals surface area (Å²) in [6.45, 7) is 6.54. The minimum Gasteiger partial charge on any atom is -0.350 e. The molecule has 0 atom stereocenters. The first-order valence-electron chi connectivity index (χ1n) is 11.2. The number of halogens is 1. The van der Waals surface area contributed by atoms with Crippen molar-refractivity contribution in [2.45, 2.75) is 51.9 Å². The monoisotopic (exact) mass is 440 g/mol. The number of amides is 3. The van der Waals surface area contributed by atoms with E-state index < -0.39 is 0 Å². The second-order valence-corrected chi connectivity index (χ2v) is 8.77. The van der Waals surface area contributed by atoms with Crippen molar-refractivity contribution < 1.29 is 14.0 Å². The van der Waals surface area contributed by atoms with Gasteiger partial charge in [-0.2, -0.15) is 0 Å². The molecule has 0 saturated carbocycles. The van der Waals surface area contributed by atoms with Gasteiger partial charge in [0, 0.05) is 30.7 Å². The molecule has 0 bridgehead atoms. The molecule has 0 unspecified atom stereocenters. The van der Waals surface area contributed by atoms with E-state index in [2.05, 4.69) is 22.6 Å². The zero-order chi connectivity index (χ0) is 23.1. The topological polar surface area (TPSA) is 64.7 Å². The molecule has 0 radical (unpaired) electrons. The van der Waals surface area contributed by atoms with Gasteiger partial charge in [-0.3, -0.25) is 4.79 Å². The van der Waals surface area contributed by atoms with Gasteiger partial charge in [-0.1, -0.05) is 24.3 Å². The maximum Gasteiger partial charge on any atom is 0.318 e. The fraction of sp³-hybridized carbons (Fsp3) is 0.440. The van der Waals surface area contributed by atoms with E-state index in [1.807, 2.05) is 30.9 Å². The fourth-order valence-corrected chi connectivity index (χ4v) is 3.86. The Kier molecular flexibility index (Phi) is 8.22. The summed E-state index contributed by atoms with van der Waals surface area (Å²) in [5.74, 6) is -0.391. The van der Waals surface area contributed by atoms with Crippen molar-refractivity contribution in [1.29, 1.82) is 0 Å². The van der Waals surface area contributed by atoms with Gasteiger partial charge in [-0.15, -0.1) is 0 Å². The minimum atomic E-state index is -0.283. The molecular formula is C25H33FN4O2. The minimum absolute atomic E-state index is 0.0770. The van der Waals surface area contributed by atoms with Crippen LogP contribution in [0, 0.1) is 5.82 Å². The van der Waals surface area contributed by atoms with Crippen LogP contribution in [0.2, 0.25) is 0 Å². The van der Waals surface area contributed by atoms with Crippen molar-refractivity contribution >= 4 is 11.9 Å². The van der Waals surface area contributed by atoms with Gasteiger partial charge >= 0.3 is 6.03 Å². The van der Waals surface area contributed by atoms with Crippen LogP contribution in [0.1, 0.15) is 48.2 Å². The first-order chi connectivity index (χ1) is 15.3. The van der Waals surface area contributed by atoms with E-state index in [4.69, 9.17) is 0 Å². The molecule has 7 heteroatoms. The van der Waals surface area contributed by atoms with Crippen molar-refractivity contribution in [3.8, 4) is 0 Å². The van der Waals surface area contributed by atoms with Crippen LogP contribution >= 0.6 is 0 Å². The van der Waals surface area contributed by atoms with Crippen LogP contribution in [0.5, 0.6) is 0 Å². The molecule has 0 spiro atoms. The number of urea groups is 1. The number of hydrogen-bond donors (Lipinski definition) is 2. The van der Waals surface area contributed by atoms with Crippen molar-refractivity contribution in [3.63, 3.8) is 0 Å². The molecule has 172 valence electrons. The predicted octanol–water partition coefficient (Wildman–Crippen LogP) is 3.77. The summed E-state index contributed by atoms with van der Waals surface area (Å²) in [6.07, 6.45) is 1.82. The van der Waals surface area contributed by atoms with Gasteiger partial charge in [0.2, 0.25) is 0 Å². The molecule has 2 aromatic rings. The van der Waals surface area contributed by atoms with E-state index in [1.54, 1.807) is 24.3 Å². The molecule has 1 aliphatic heterocycles. The van der Waals surface area contributed by atoms with Gasteiger partial charge in [-0.05, 0) is 82.2 Å². The molecule has 3 amide bonds. The molecule has 3 rings (SSSR count). The second-order valence-electron chi connectivity index (χ2n) is 8.77. The third-order valence-corrected chi connectivity index (χ3v) is 5.74. The van der Waals surface area contributed by atoms with E-state index in [0.717, 1.165) is 37.1 Å². The lowest BCUT2D eigenvalue weighted by molar-refractivity contribution is 0.0943. The lowest BCUT2D eigenvalue weighted by atomic mass is 10.0. The van der Waals surface area contributed by atoms with E-state index in [1.165, 1.54) is 12.1 Å². The van der Waals surface area contributed by atoms with Gasteiger partial charge in [0.25, 0.3) is 5.91 Å². The average Bonchev–Trinajstić information content (AvgIpc) is 2.77. The molecule has 1 fully saturated rings. The van der Waals surface area contributed by atoms with Crippen LogP contribution in [-0.4, -0.2) is 54.0 Å². The summed E-state index contributed by atoms with van der Waals surface area (Å²) in [5.41, 5.74) is 2.42. The molecule has 1 heterocycles. The molecule has 0 aliphatic carbocycles. The predicted molar refractivity (Wildman–Crippen MR) is 124 cm³/mol. The lowest BCUT2D eigenvalue weighted by Crippen LogP contribution is -2.49. The Morgan fingerprint density at radius 3 is 2.22 bits per heavy atom. The van der Waals surface area contributed by atoms with Gasteiger partial charge < -0.3 is 20.4 Å². The molecule has 1 aliphatic rings. The summed E-state index contributed by atoms with van der Waals surface area (Å²) in [4.78, 5) is 29.4. The van der Waals surface area contributed by atoms with E-state index in [0.29, 0.717) is 18.7 Å². The summed E-state index contributed by atoms with van der Waals surface area (Å²) >= 11 is 0. The summed E-state index contributed by atoms with van der Waals surface area (Å²) < 4.78 is 13.3. The number of nitrogens with zero attached hydrogens (tertiary/aromatic N) is 2. The van der Waals surface area contributed by atoms with Gasteiger partial charge in [0.1, 0.15) is 5.82 Å². The summed E-state index contributed by atoms with van der Waals surface area (Å²) in [7, 11) is 2.09. The lowest BCUT2D eigenvalue weighted by Gasteiger charge is -2.37. The smallest absolute Gasteiger partial charge is 0.318 e.